The molecule has 0 fully saturated rings. The van der Waals surface area contributed by atoms with Gasteiger partial charge in [0, 0.05) is 22.5 Å². The summed E-state index contributed by atoms with van der Waals surface area (Å²) in [5.41, 5.74) is 9.38. The van der Waals surface area contributed by atoms with Crippen LogP contribution in [0, 0.1) is 0 Å². The third-order valence-electron chi connectivity index (χ3n) is 10.0. The smallest absolute Gasteiger partial charge is 0.0629 e. The van der Waals surface area contributed by atoms with Crippen molar-refractivity contribution < 1.29 is 2.74 Å². The summed E-state index contributed by atoms with van der Waals surface area (Å²) in [5, 5.41) is 7.07. The summed E-state index contributed by atoms with van der Waals surface area (Å²) >= 11 is 0. The van der Waals surface area contributed by atoms with Gasteiger partial charge in [-0.25, -0.2) is 0 Å². The van der Waals surface area contributed by atoms with E-state index in [-0.39, 0.29) is 17.5 Å². The van der Waals surface area contributed by atoms with Crippen molar-refractivity contribution in [3.05, 3.63) is 186 Å². The average Bonchev–Trinajstić information content (AvgIpc) is 3.40. The van der Waals surface area contributed by atoms with Crippen LogP contribution >= 0.6 is 0 Å². The second-order valence-electron chi connectivity index (χ2n) is 13.2. The van der Waals surface area contributed by atoms with Crippen LogP contribution in [-0.4, -0.2) is 0 Å². The van der Waals surface area contributed by atoms with Crippen LogP contribution in [0.4, 0.5) is 17.1 Å². The Kier molecular flexibility index (Phi) is 6.06. The molecule has 1 aliphatic carbocycles. The average molecular weight is 616 g/mol. The van der Waals surface area contributed by atoms with Gasteiger partial charge in [-0.2, -0.15) is 0 Å². The van der Waals surface area contributed by atoms with Crippen molar-refractivity contribution in [2.45, 2.75) is 19.3 Å². The molecular formula is C47H35N. The minimum atomic E-state index is -0.291. The van der Waals surface area contributed by atoms with E-state index in [1.54, 1.807) is 0 Å². The van der Waals surface area contributed by atoms with Crippen molar-refractivity contribution in [2.24, 2.45) is 0 Å². The molecular weight excluding hydrogens is 579 g/mol. The third-order valence-corrected chi connectivity index (χ3v) is 10.0. The van der Waals surface area contributed by atoms with Gasteiger partial charge in [0.15, 0.2) is 0 Å². The molecule has 1 aliphatic rings. The molecule has 0 unspecified atom stereocenters. The van der Waals surface area contributed by atoms with Crippen LogP contribution in [0.2, 0.25) is 0 Å². The van der Waals surface area contributed by atoms with Gasteiger partial charge >= 0.3 is 0 Å². The molecule has 0 aliphatic heterocycles. The quantitative estimate of drug-likeness (QED) is 0.138. The van der Waals surface area contributed by atoms with E-state index in [9.17, 15) is 2.74 Å². The van der Waals surface area contributed by atoms with E-state index in [4.69, 9.17) is 0 Å². The summed E-state index contributed by atoms with van der Waals surface area (Å²) in [6.07, 6.45) is 0. The Morgan fingerprint density at radius 1 is 0.417 bits per heavy atom. The fourth-order valence-electron chi connectivity index (χ4n) is 7.67. The van der Waals surface area contributed by atoms with E-state index in [0.717, 1.165) is 44.3 Å². The molecule has 9 rings (SSSR count). The Hall–Kier alpha value is -5.92. The molecule has 1 heteroatoms. The fraction of sp³-hybridized carbons (Fsp3) is 0.0638. The SMILES string of the molecule is [2H]/C(=C(/[2H])c1ccc2c3ccccc3c3ccccc3c2c1)c1ccc2c(c1)C(C)(C)c1cc(N(c3ccccc3)c3ccccc3)ccc1-2. The largest absolute Gasteiger partial charge is 0.310 e. The topological polar surface area (TPSA) is 3.24 Å². The molecule has 0 saturated carbocycles. The van der Waals surface area contributed by atoms with Crippen LogP contribution < -0.4 is 4.90 Å². The van der Waals surface area contributed by atoms with Crippen molar-refractivity contribution in [2.75, 3.05) is 4.90 Å². The lowest BCUT2D eigenvalue weighted by Crippen LogP contribution is -2.16. The molecule has 1 nitrogen and oxygen atoms in total. The summed E-state index contributed by atoms with van der Waals surface area (Å²) < 4.78 is 18.5. The Morgan fingerprint density at radius 2 is 0.854 bits per heavy atom. The molecule has 48 heavy (non-hydrogen) atoms. The first-order chi connectivity index (χ1) is 24.4. The molecule has 0 N–H and O–H groups in total. The van der Waals surface area contributed by atoms with Crippen LogP contribution in [0.25, 0.3) is 55.5 Å². The molecule has 0 amide bonds. The maximum atomic E-state index is 9.28. The van der Waals surface area contributed by atoms with Gasteiger partial charge in [0.05, 0.1) is 2.74 Å². The van der Waals surface area contributed by atoms with Crippen molar-refractivity contribution >= 4 is 61.5 Å². The fourth-order valence-corrected chi connectivity index (χ4v) is 7.67. The van der Waals surface area contributed by atoms with E-state index in [1.807, 2.05) is 24.3 Å². The van der Waals surface area contributed by atoms with E-state index in [0.29, 0.717) is 0 Å². The summed E-state index contributed by atoms with van der Waals surface area (Å²) in [6, 6.07) is 57.8. The maximum Gasteiger partial charge on any atom is 0.0629 e. The van der Waals surface area contributed by atoms with Gasteiger partial charge in [0.2, 0.25) is 0 Å². The number of benzene rings is 8. The summed E-state index contributed by atoms with van der Waals surface area (Å²) in [5.74, 6) is 0. The van der Waals surface area contributed by atoms with Gasteiger partial charge in [-0.15, -0.1) is 0 Å². The van der Waals surface area contributed by atoms with Crippen molar-refractivity contribution in [3.63, 3.8) is 0 Å². The minimum absolute atomic E-state index is 0.223. The number of hydrogen-bond acceptors (Lipinski definition) is 1. The molecule has 0 heterocycles. The van der Waals surface area contributed by atoms with Gasteiger partial charge in [0.1, 0.15) is 0 Å². The number of rotatable bonds is 5. The molecule has 0 atom stereocenters. The Morgan fingerprint density at radius 3 is 1.44 bits per heavy atom. The van der Waals surface area contributed by atoms with E-state index >= 15 is 0 Å². The molecule has 8 aromatic rings. The summed E-state index contributed by atoms with van der Waals surface area (Å²) in [6.45, 7) is 4.54. The summed E-state index contributed by atoms with van der Waals surface area (Å²) in [7, 11) is 0. The zero-order valence-electron chi connectivity index (χ0n) is 29.0. The number of fused-ring (bicyclic) bond motifs is 9. The lowest BCUT2D eigenvalue weighted by molar-refractivity contribution is 0.660. The normalized spacial score (nSPS) is 14.3. The molecule has 0 saturated heterocycles. The third kappa shape index (κ3) is 4.54. The first-order valence-electron chi connectivity index (χ1n) is 17.6. The first-order valence-corrected chi connectivity index (χ1v) is 16.6. The van der Waals surface area contributed by atoms with Crippen LogP contribution in [0.1, 0.15) is 38.8 Å². The molecule has 228 valence electrons. The molecule has 8 aromatic carbocycles. The predicted molar refractivity (Wildman–Crippen MR) is 207 cm³/mol. The highest BCUT2D eigenvalue weighted by Gasteiger charge is 2.36. The van der Waals surface area contributed by atoms with Gasteiger partial charge in [-0.3, -0.25) is 0 Å². The minimum Gasteiger partial charge on any atom is -0.310 e. The number of para-hydroxylation sites is 2. The predicted octanol–water partition coefficient (Wildman–Crippen LogP) is 13.1. The van der Waals surface area contributed by atoms with Crippen LogP contribution in [0.3, 0.4) is 0 Å². The van der Waals surface area contributed by atoms with E-state index in [1.165, 1.54) is 38.4 Å². The first kappa shape index (κ1) is 26.2. The Labute approximate surface area is 284 Å². The molecule has 0 aromatic heterocycles. The molecule has 0 spiro atoms. The van der Waals surface area contributed by atoms with Gasteiger partial charge in [-0.1, -0.05) is 147 Å². The second kappa shape index (κ2) is 11.1. The van der Waals surface area contributed by atoms with Gasteiger partial charge < -0.3 is 4.90 Å². The van der Waals surface area contributed by atoms with Gasteiger partial charge in [-0.05, 0) is 108 Å². The lowest BCUT2D eigenvalue weighted by Gasteiger charge is -2.28. The highest BCUT2D eigenvalue weighted by molar-refractivity contribution is 6.25. The van der Waals surface area contributed by atoms with Gasteiger partial charge in [0.25, 0.3) is 0 Å². The zero-order chi connectivity index (χ0) is 34.0. The number of anilines is 3. The highest BCUT2D eigenvalue weighted by atomic mass is 15.1. The molecule has 0 radical (unpaired) electrons. The second-order valence-corrected chi connectivity index (χ2v) is 13.2. The van der Waals surface area contributed by atoms with Crippen molar-refractivity contribution in [1.29, 1.82) is 0 Å². The highest BCUT2D eigenvalue weighted by Crippen LogP contribution is 2.51. The zero-order valence-corrected chi connectivity index (χ0v) is 27.0. The van der Waals surface area contributed by atoms with Crippen LogP contribution in [0.15, 0.2) is 164 Å². The van der Waals surface area contributed by atoms with E-state index in [2.05, 4.69) is 158 Å². The summed E-state index contributed by atoms with van der Waals surface area (Å²) in [4.78, 5) is 2.30. The monoisotopic (exact) mass is 615 g/mol. The molecule has 0 bridgehead atoms. The van der Waals surface area contributed by atoms with Crippen molar-refractivity contribution in [1.82, 2.24) is 0 Å². The number of nitrogens with zero attached hydrogens (tertiary/aromatic N) is 1. The lowest BCUT2D eigenvalue weighted by atomic mass is 9.81. The number of hydrogen-bond donors (Lipinski definition) is 0. The Bertz CT molecular complexity index is 2560. The van der Waals surface area contributed by atoms with Crippen LogP contribution in [-0.2, 0) is 5.41 Å². The van der Waals surface area contributed by atoms with E-state index < -0.39 is 0 Å². The standard InChI is InChI=1S/C47H35N/c1-47(2)45-30-33(22-21-32-23-26-41-39-19-10-9-17-37(39)38-18-11-12-20-40(38)44(41)29-32)24-27-42(45)43-28-25-36(31-46(43)47)48(34-13-5-3-6-14-34)35-15-7-4-8-16-35/h3-31H,1-2H3/b22-21+/i21D,22D. The maximum absolute atomic E-state index is 9.28. The Balaban J connectivity index is 1.12. The van der Waals surface area contributed by atoms with Crippen LogP contribution in [0.5, 0.6) is 0 Å². The van der Waals surface area contributed by atoms with Crippen molar-refractivity contribution in [3.8, 4) is 11.1 Å².